The van der Waals surface area contributed by atoms with Gasteiger partial charge in [0.25, 0.3) is 0 Å². The highest BCUT2D eigenvalue weighted by Gasteiger charge is 2.33. The molecule has 1 aliphatic carbocycles. The van der Waals surface area contributed by atoms with Gasteiger partial charge in [-0.1, -0.05) is 42.5 Å². The van der Waals surface area contributed by atoms with E-state index in [1.165, 1.54) is 12.3 Å². The number of carbonyl (C=O) groups excluding carboxylic acids is 1. The first-order chi connectivity index (χ1) is 13.2. The fraction of sp³-hybridized carbons (Fsp3) is 0.273. The first-order valence-corrected chi connectivity index (χ1v) is 9.24. The number of aromatic nitrogens is 1. The van der Waals surface area contributed by atoms with Crippen LogP contribution in [-0.2, 0) is 11.2 Å². The van der Waals surface area contributed by atoms with E-state index in [4.69, 9.17) is 4.42 Å². The molecule has 1 amide bonds. The third-order valence-corrected chi connectivity index (χ3v) is 4.83. The predicted octanol–water partition coefficient (Wildman–Crippen LogP) is 4.68. The Hall–Kier alpha value is -2.95. The van der Waals surface area contributed by atoms with Crippen LogP contribution < -0.4 is 5.32 Å². The summed E-state index contributed by atoms with van der Waals surface area (Å²) >= 11 is 0. The smallest absolute Gasteiger partial charge is 0.221 e. The molecule has 5 heteroatoms. The van der Waals surface area contributed by atoms with E-state index in [0.29, 0.717) is 29.6 Å². The molecular weight excluding hydrogens is 343 g/mol. The summed E-state index contributed by atoms with van der Waals surface area (Å²) in [6.45, 7) is 0. The second kappa shape index (κ2) is 7.74. The Balaban J connectivity index is 1.36. The van der Waals surface area contributed by atoms with Crippen LogP contribution in [-0.4, -0.2) is 10.9 Å². The Bertz CT molecular complexity index is 919. The lowest BCUT2D eigenvalue weighted by Crippen LogP contribution is -2.30. The molecule has 0 radical (unpaired) electrons. The normalized spacial score (nSPS) is 14.7. The van der Waals surface area contributed by atoms with Gasteiger partial charge < -0.3 is 9.73 Å². The molecule has 1 aliphatic rings. The number of amides is 1. The minimum absolute atomic E-state index is 0.0265. The molecule has 1 N–H and O–H groups in total. The molecule has 1 unspecified atom stereocenters. The Kier molecular flexibility index (Phi) is 5.01. The predicted molar refractivity (Wildman–Crippen MR) is 100 cm³/mol. The summed E-state index contributed by atoms with van der Waals surface area (Å²) in [5.74, 6) is 0.954. The molecule has 0 aliphatic heterocycles. The minimum Gasteiger partial charge on any atom is -0.441 e. The van der Waals surface area contributed by atoms with Gasteiger partial charge in [0.15, 0.2) is 11.7 Å². The van der Waals surface area contributed by atoms with Gasteiger partial charge in [-0.25, -0.2) is 9.37 Å². The average Bonchev–Trinajstić information content (AvgIpc) is 3.43. The topological polar surface area (TPSA) is 55.1 Å². The van der Waals surface area contributed by atoms with Crippen molar-refractivity contribution in [2.75, 3.05) is 0 Å². The lowest BCUT2D eigenvalue weighted by molar-refractivity contribution is -0.122. The van der Waals surface area contributed by atoms with Crippen molar-refractivity contribution in [3.63, 3.8) is 0 Å². The molecule has 1 saturated carbocycles. The van der Waals surface area contributed by atoms with Crippen LogP contribution in [0, 0.1) is 11.7 Å². The van der Waals surface area contributed by atoms with Gasteiger partial charge in [0, 0.05) is 12.8 Å². The van der Waals surface area contributed by atoms with Crippen LogP contribution in [0.3, 0.4) is 0 Å². The van der Waals surface area contributed by atoms with E-state index >= 15 is 0 Å². The summed E-state index contributed by atoms with van der Waals surface area (Å²) < 4.78 is 19.5. The van der Waals surface area contributed by atoms with Gasteiger partial charge in [-0.2, -0.15) is 0 Å². The molecule has 1 fully saturated rings. The highest BCUT2D eigenvalue weighted by atomic mass is 19.1. The number of rotatable bonds is 7. The van der Waals surface area contributed by atoms with Gasteiger partial charge in [0.2, 0.25) is 5.91 Å². The molecule has 4 rings (SSSR count). The van der Waals surface area contributed by atoms with Crippen LogP contribution >= 0.6 is 0 Å². The summed E-state index contributed by atoms with van der Waals surface area (Å²) in [6, 6.07) is 16.5. The third-order valence-electron chi connectivity index (χ3n) is 4.83. The molecule has 0 bridgehead atoms. The Morgan fingerprint density at radius 2 is 1.89 bits per heavy atom. The average molecular weight is 364 g/mol. The standard InChI is InChI=1S/C22H21FN2O2/c23-18-9-5-4-8-17(18)19-14-24-21(27-19)13-12-20(26)25-22(16-10-11-16)15-6-2-1-3-7-15/h1-9,14,16,22H,10-13H2,(H,25,26). The number of nitrogens with zero attached hydrogens (tertiary/aromatic N) is 1. The molecular formula is C22H21FN2O2. The van der Waals surface area contributed by atoms with Gasteiger partial charge in [-0.3, -0.25) is 4.79 Å². The van der Waals surface area contributed by atoms with Crippen molar-refractivity contribution < 1.29 is 13.6 Å². The Morgan fingerprint density at radius 1 is 1.15 bits per heavy atom. The van der Waals surface area contributed by atoms with E-state index in [9.17, 15) is 9.18 Å². The molecule has 0 saturated heterocycles. The van der Waals surface area contributed by atoms with Crippen LogP contribution in [0.5, 0.6) is 0 Å². The monoisotopic (exact) mass is 364 g/mol. The van der Waals surface area contributed by atoms with Crippen molar-refractivity contribution in [1.82, 2.24) is 10.3 Å². The van der Waals surface area contributed by atoms with Crippen LogP contribution in [0.1, 0.15) is 36.8 Å². The number of hydrogen-bond donors (Lipinski definition) is 1. The lowest BCUT2D eigenvalue weighted by Gasteiger charge is -2.18. The number of hydrogen-bond acceptors (Lipinski definition) is 3. The summed E-state index contributed by atoms with van der Waals surface area (Å²) in [6.07, 6.45) is 4.46. The molecule has 0 spiro atoms. The van der Waals surface area contributed by atoms with Crippen LogP contribution in [0.2, 0.25) is 0 Å². The van der Waals surface area contributed by atoms with Crippen LogP contribution in [0.4, 0.5) is 4.39 Å². The van der Waals surface area contributed by atoms with Crippen molar-refractivity contribution in [1.29, 1.82) is 0 Å². The number of nitrogens with one attached hydrogen (secondary N) is 1. The van der Waals surface area contributed by atoms with Gasteiger partial charge in [-0.15, -0.1) is 0 Å². The van der Waals surface area contributed by atoms with Crippen LogP contribution in [0.25, 0.3) is 11.3 Å². The lowest BCUT2D eigenvalue weighted by atomic mass is 10.0. The molecule has 1 heterocycles. The fourth-order valence-corrected chi connectivity index (χ4v) is 3.24. The fourth-order valence-electron chi connectivity index (χ4n) is 3.24. The number of oxazole rings is 1. The highest BCUT2D eigenvalue weighted by Crippen LogP contribution is 2.41. The minimum atomic E-state index is -0.354. The summed E-state index contributed by atoms with van der Waals surface area (Å²) in [7, 11) is 0. The van der Waals surface area contributed by atoms with Crippen LogP contribution in [0.15, 0.2) is 65.2 Å². The van der Waals surface area contributed by atoms with Gasteiger partial charge in [0.1, 0.15) is 5.82 Å². The largest absolute Gasteiger partial charge is 0.441 e. The molecule has 27 heavy (non-hydrogen) atoms. The molecule has 2 aromatic carbocycles. The van der Waals surface area contributed by atoms with Crippen molar-refractivity contribution in [3.8, 4) is 11.3 Å². The number of carbonyl (C=O) groups is 1. The zero-order valence-electron chi connectivity index (χ0n) is 14.9. The highest BCUT2D eigenvalue weighted by molar-refractivity contribution is 5.76. The van der Waals surface area contributed by atoms with Crippen molar-refractivity contribution in [3.05, 3.63) is 78.1 Å². The molecule has 4 nitrogen and oxygen atoms in total. The van der Waals surface area contributed by atoms with Gasteiger partial charge in [-0.05, 0) is 36.5 Å². The number of halogens is 1. The van der Waals surface area contributed by atoms with E-state index in [0.717, 1.165) is 18.4 Å². The zero-order chi connectivity index (χ0) is 18.6. The van der Waals surface area contributed by atoms with Crippen molar-refractivity contribution in [2.45, 2.75) is 31.7 Å². The summed E-state index contributed by atoms with van der Waals surface area (Å²) in [5.41, 5.74) is 1.52. The quantitative estimate of drug-likeness (QED) is 0.662. The molecule has 3 aromatic rings. The second-order valence-corrected chi connectivity index (χ2v) is 6.89. The maximum Gasteiger partial charge on any atom is 0.221 e. The maximum atomic E-state index is 13.8. The Morgan fingerprint density at radius 3 is 2.63 bits per heavy atom. The second-order valence-electron chi connectivity index (χ2n) is 6.89. The van der Waals surface area contributed by atoms with E-state index in [1.807, 2.05) is 18.2 Å². The maximum absolute atomic E-state index is 13.8. The first-order valence-electron chi connectivity index (χ1n) is 9.24. The van der Waals surface area contributed by atoms with Crippen molar-refractivity contribution >= 4 is 5.91 Å². The van der Waals surface area contributed by atoms with E-state index in [2.05, 4.69) is 22.4 Å². The van der Waals surface area contributed by atoms with Gasteiger partial charge >= 0.3 is 0 Å². The van der Waals surface area contributed by atoms with E-state index in [-0.39, 0.29) is 24.2 Å². The summed E-state index contributed by atoms with van der Waals surface area (Å²) in [4.78, 5) is 16.6. The molecule has 1 aromatic heterocycles. The molecule has 138 valence electrons. The Labute approximate surface area is 157 Å². The number of aryl methyl sites for hydroxylation is 1. The molecule has 1 atom stereocenters. The van der Waals surface area contributed by atoms with Crippen molar-refractivity contribution in [2.24, 2.45) is 5.92 Å². The van der Waals surface area contributed by atoms with E-state index < -0.39 is 0 Å². The SMILES string of the molecule is O=C(CCc1ncc(-c2ccccc2F)o1)NC(c1ccccc1)C1CC1. The zero-order valence-corrected chi connectivity index (χ0v) is 14.9. The third kappa shape index (κ3) is 4.25. The van der Waals surface area contributed by atoms with Gasteiger partial charge in [0.05, 0.1) is 17.8 Å². The number of benzene rings is 2. The van der Waals surface area contributed by atoms with E-state index in [1.54, 1.807) is 18.2 Å². The summed E-state index contributed by atoms with van der Waals surface area (Å²) in [5, 5.41) is 3.14. The first kappa shape index (κ1) is 17.5.